The number of para-hydroxylation sites is 2. The molecule has 0 radical (unpaired) electrons. The molecule has 154 valence electrons. The molecule has 0 amide bonds. The molecule has 1 unspecified atom stereocenters. The summed E-state index contributed by atoms with van der Waals surface area (Å²) in [5.41, 5.74) is 5.43. The number of benzene rings is 2. The Bertz CT molecular complexity index is 1150. The number of hydrogen-bond acceptors (Lipinski definition) is 6. The summed E-state index contributed by atoms with van der Waals surface area (Å²) >= 11 is 1.52. The van der Waals surface area contributed by atoms with Crippen LogP contribution in [0.3, 0.4) is 0 Å². The van der Waals surface area contributed by atoms with Gasteiger partial charge in [0, 0.05) is 5.38 Å². The molecule has 0 aliphatic heterocycles. The lowest BCUT2D eigenvalue weighted by atomic mass is 10.2. The van der Waals surface area contributed by atoms with E-state index in [2.05, 4.69) is 4.98 Å². The fraction of sp³-hybridized carbons (Fsp3) is 0.217. The Hall–Kier alpha value is -3.16. The molecule has 4 rings (SSSR count). The fourth-order valence-electron chi connectivity index (χ4n) is 3.33. The van der Waals surface area contributed by atoms with Crippen LogP contribution in [0.2, 0.25) is 0 Å². The minimum absolute atomic E-state index is 0.127. The molecule has 0 aliphatic carbocycles. The lowest BCUT2D eigenvalue weighted by Crippen LogP contribution is -2.24. The van der Waals surface area contributed by atoms with Crippen LogP contribution in [0.4, 0.5) is 0 Å². The summed E-state index contributed by atoms with van der Waals surface area (Å²) in [4.78, 5) is 9.10. The van der Waals surface area contributed by atoms with Crippen molar-refractivity contribution < 1.29 is 14.6 Å². The SMILES string of the molecule is C/C=C\c1ccc(OCC(O)Cn2c(-c3cscn3)nc3ccccc32)c(OC)c1. The van der Waals surface area contributed by atoms with E-state index in [9.17, 15) is 5.11 Å². The molecule has 0 bridgehead atoms. The number of aliphatic hydroxyl groups excluding tert-OH is 1. The van der Waals surface area contributed by atoms with Gasteiger partial charge >= 0.3 is 0 Å². The molecule has 6 nitrogen and oxygen atoms in total. The summed E-state index contributed by atoms with van der Waals surface area (Å²) in [5.74, 6) is 1.97. The Kier molecular flexibility index (Phi) is 6.11. The number of methoxy groups -OCH3 is 1. The molecule has 2 aromatic heterocycles. The average molecular weight is 422 g/mol. The third kappa shape index (κ3) is 4.22. The van der Waals surface area contributed by atoms with Gasteiger partial charge in [0.05, 0.1) is 30.2 Å². The highest BCUT2D eigenvalue weighted by molar-refractivity contribution is 7.07. The van der Waals surface area contributed by atoms with Gasteiger partial charge in [0.2, 0.25) is 0 Å². The molecule has 30 heavy (non-hydrogen) atoms. The van der Waals surface area contributed by atoms with Crippen molar-refractivity contribution in [2.75, 3.05) is 13.7 Å². The van der Waals surface area contributed by atoms with Crippen molar-refractivity contribution in [2.24, 2.45) is 0 Å². The van der Waals surface area contributed by atoms with Crippen molar-refractivity contribution in [3.63, 3.8) is 0 Å². The highest BCUT2D eigenvalue weighted by Gasteiger charge is 2.17. The second kappa shape index (κ2) is 9.11. The number of ether oxygens (including phenoxy) is 2. The predicted molar refractivity (Wildman–Crippen MR) is 120 cm³/mol. The van der Waals surface area contributed by atoms with Gasteiger partial charge in [-0.3, -0.25) is 0 Å². The zero-order valence-electron chi connectivity index (χ0n) is 16.9. The van der Waals surface area contributed by atoms with Crippen LogP contribution in [0.5, 0.6) is 11.5 Å². The van der Waals surface area contributed by atoms with E-state index in [-0.39, 0.29) is 6.61 Å². The summed E-state index contributed by atoms with van der Waals surface area (Å²) < 4.78 is 13.3. The smallest absolute Gasteiger partial charge is 0.161 e. The van der Waals surface area contributed by atoms with Gasteiger partial charge in [0.25, 0.3) is 0 Å². The van der Waals surface area contributed by atoms with Crippen LogP contribution >= 0.6 is 11.3 Å². The van der Waals surface area contributed by atoms with Crippen molar-refractivity contribution in [3.05, 3.63) is 65.0 Å². The standard InChI is InChI=1S/C23H23N3O3S/c1-3-6-16-9-10-21(22(11-16)28-2)29-13-17(27)12-26-20-8-5-4-7-18(20)25-23(26)19-14-30-15-24-19/h3-11,14-15,17,27H,12-13H2,1-2H3/b6-3-. The molecule has 0 saturated carbocycles. The third-order valence-electron chi connectivity index (χ3n) is 4.69. The molecule has 7 heteroatoms. The number of hydrogen-bond donors (Lipinski definition) is 1. The van der Waals surface area contributed by atoms with E-state index in [0.29, 0.717) is 18.0 Å². The van der Waals surface area contributed by atoms with Crippen LogP contribution in [-0.2, 0) is 6.54 Å². The first-order valence-corrected chi connectivity index (χ1v) is 10.6. The Labute approximate surface area is 179 Å². The topological polar surface area (TPSA) is 69.4 Å². The van der Waals surface area contributed by atoms with Crippen LogP contribution in [0, 0.1) is 0 Å². The summed E-state index contributed by atoms with van der Waals surface area (Å²) in [6.45, 7) is 2.43. The summed E-state index contributed by atoms with van der Waals surface area (Å²) in [6, 6.07) is 13.6. The Morgan fingerprint density at radius 1 is 1.20 bits per heavy atom. The number of aromatic nitrogens is 3. The van der Waals surface area contributed by atoms with Gasteiger partial charge in [-0.05, 0) is 36.8 Å². The molecule has 2 aromatic carbocycles. The minimum Gasteiger partial charge on any atom is -0.493 e. The Morgan fingerprint density at radius 2 is 2.07 bits per heavy atom. The number of nitrogens with zero attached hydrogens (tertiary/aromatic N) is 3. The van der Waals surface area contributed by atoms with Crippen LogP contribution in [0.1, 0.15) is 12.5 Å². The molecular weight excluding hydrogens is 398 g/mol. The molecule has 1 N–H and O–H groups in total. The highest BCUT2D eigenvalue weighted by Crippen LogP contribution is 2.29. The van der Waals surface area contributed by atoms with Crippen LogP contribution in [-0.4, -0.2) is 39.5 Å². The number of allylic oxidation sites excluding steroid dienone is 1. The molecule has 1 atom stereocenters. The van der Waals surface area contributed by atoms with Gasteiger partial charge in [-0.1, -0.05) is 30.4 Å². The molecule has 0 fully saturated rings. The molecular formula is C23H23N3O3S. The lowest BCUT2D eigenvalue weighted by Gasteiger charge is -2.17. The van der Waals surface area contributed by atoms with E-state index in [1.165, 1.54) is 11.3 Å². The molecule has 0 aliphatic rings. The van der Waals surface area contributed by atoms with Gasteiger partial charge in [0.1, 0.15) is 18.4 Å². The second-order valence-corrected chi connectivity index (χ2v) is 7.50. The predicted octanol–water partition coefficient (Wildman–Crippen LogP) is 4.64. The lowest BCUT2D eigenvalue weighted by molar-refractivity contribution is 0.0923. The van der Waals surface area contributed by atoms with E-state index >= 15 is 0 Å². The van der Waals surface area contributed by atoms with Crippen LogP contribution < -0.4 is 9.47 Å². The maximum absolute atomic E-state index is 10.7. The van der Waals surface area contributed by atoms with E-state index in [4.69, 9.17) is 14.5 Å². The Morgan fingerprint density at radius 3 is 2.83 bits per heavy atom. The number of rotatable bonds is 8. The number of aliphatic hydroxyl groups is 1. The summed E-state index contributed by atoms with van der Waals surface area (Å²) in [7, 11) is 1.61. The maximum atomic E-state index is 10.7. The largest absolute Gasteiger partial charge is 0.493 e. The van der Waals surface area contributed by atoms with Crippen LogP contribution in [0.25, 0.3) is 28.6 Å². The van der Waals surface area contributed by atoms with E-state index < -0.39 is 6.10 Å². The van der Waals surface area contributed by atoms with Gasteiger partial charge in [-0.15, -0.1) is 11.3 Å². The third-order valence-corrected chi connectivity index (χ3v) is 5.27. The first-order valence-electron chi connectivity index (χ1n) is 9.65. The zero-order valence-corrected chi connectivity index (χ0v) is 17.7. The van der Waals surface area contributed by atoms with Crippen molar-refractivity contribution >= 4 is 28.4 Å². The first kappa shape index (κ1) is 20.1. The second-order valence-electron chi connectivity index (χ2n) is 6.78. The number of thiazole rings is 1. The number of fused-ring (bicyclic) bond motifs is 1. The van der Waals surface area contributed by atoms with Gasteiger partial charge in [-0.25, -0.2) is 9.97 Å². The highest BCUT2D eigenvalue weighted by atomic mass is 32.1. The van der Waals surface area contributed by atoms with Gasteiger partial charge < -0.3 is 19.1 Å². The molecule has 0 spiro atoms. The summed E-state index contributed by atoms with van der Waals surface area (Å²) in [5, 5.41) is 12.7. The van der Waals surface area contributed by atoms with Gasteiger partial charge in [0.15, 0.2) is 17.3 Å². The van der Waals surface area contributed by atoms with E-state index in [0.717, 1.165) is 28.1 Å². The van der Waals surface area contributed by atoms with Crippen molar-refractivity contribution in [1.29, 1.82) is 0 Å². The molecule has 0 saturated heterocycles. The van der Waals surface area contributed by atoms with E-state index in [1.54, 1.807) is 12.6 Å². The normalized spacial score (nSPS) is 12.5. The summed E-state index contributed by atoms with van der Waals surface area (Å²) in [6.07, 6.45) is 3.22. The average Bonchev–Trinajstić information content (AvgIpc) is 3.41. The van der Waals surface area contributed by atoms with Crippen molar-refractivity contribution in [1.82, 2.24) is 14.5 Å². The fourth-order valence-corrected chi connectivity index (χ4v) is 3.86. The minimum atomic E-state index is -0.736. The molecule has 2 heterocycles. The maximum Gasteiger partial charge on any atom is 0.161 e. The number of imidazole rings is 1. The van der Waals surface area contributed by atoms with Crippen LogP contribution in [0.15, 0.2) is 59.4 Å². The monoisotopic (exact) mass is 421 g/mol. The van der Waals surface area contributed by atoms with Gasteiger partial charge in [-0.2, -0.15) is 0 Å². The van der Waals surface area contributed by atoms with Crippen molar-refractivity contribution in [2.45, 2.75) is 19.6 Å². The Balaban J connectivity index is 1.53. The zero-order chi connectivity index (χ0) is 20.9. The first-order chi connectivity index (χ1) is 14.7. The van der Waals surface area contributed by atoms with E-state index in [1.807, 2.05) is 71.5 Å². The molecule has 4 aromatic rings. The quantitative estimate of drug-likeness (QED) is 0.449. The van der Waals surface area contributed by atoms with Crippen molar-refractivity contribution in [3.8, 4) is 23.0 Å².